The van der Waals surface area contributed by atoms with Gasteiger partial charge in [-0.05, 0) is 46.7 Å². The first-order valence-electron chi connectivity index (χ1n) is 12.8. The summed E-state index contributed by atoms with van der Waals surface area (Å²) in [6.07, 6.45) is 1.65. The molecule has 5 nitrogen and oxygen atoms in total. The highest BCUT2D eigenvalue weighted by atomic mass is 79.9. The van der Waals surface area contributed by atoms with Crippen molar-refractivity contribution in [1.29, 1.82) is 0 Å². The van der Waals surface area contributed by atoms with Gasteiger partial charge in [-0.25, -0.2) is 10.4 Å². The molecule has 0 aliphatic heterocycles. The Balaban J connectivity index is 1.30. The number of para-hydroxylation sites is 1. The van der Waals surface area contributed by atoms with Gasteiger partial charge in [-0.2, -0.15) is 5.10 Å². The van der Waals surface area contributed by atoms with E-state index in [4.69, 9.17) is 9.72 Å². The van der Waals surface area contributed by atoms with Crippen LogP contribution in [0.15, 0.2) is 131 Å². The zero-order valence-corrected chi connectivity index (χ0v) is 23.0. The topological polar surface area (TPSA) is 63.6 Å². The van der Waals surface area contributed by atoms with Crippen molar-refractivity contribution in [2.45, 2.75) is 6.61 Å². The average Bonchev–Trinajstić information content (AvgIpc) is 3.01. The van der Waals surface area contributed by atoms with Crippen LogP contribution in [0.25, 0.3) is 32.9 Å². The van der Waals surface area contributed by atoms with Gasteiger partial charge in [-0.1, -0.05) is 107 Å². The molecule has 6 rings (SSSR count). The van der Waals surface area contributed by atoms with E-state index in [1.165, 1.54) is 0 Å². The fraction of sp³-hybridized carbons (Fsp3) is 0.0294. The predicted molar refractivity (Wildman–Crippen MR) is 165 cm³/mol. The minimum atomic E-state index is -0.315. The number of benzene rings is 5. The van der Waals surface area contributed by atoms with Crippen LogP contribution >= 0.6 is 15.9 Å². The maximum absolute atomic E-state index is 13.4. The number of halogens is 1. The Morgan fingerprint density at radius 1 is 0.825 bits per heavy atom. The molecule has 1 amide bonds. The largest absolute Gasteiger partial charge is 0.488 e. The zero-order valence-electron chi connectivity index (χ0n) is 21.4. The van der Waals surface area contributed by atoms with Crippen molar-refractivity contribution in [3.8, 4) is 17.0 Å². The molecule has 1 heterocycles. The standard InChI is InChI=1S/C34H24BrN3O2/c35-26-17-14-23(15-18-26)22-40-33-19-16-24-8-4-5-11-27(24)30(33)21-36-38-34(39)29-20-32(25-9-2-1-3-10-25)37-31-13-7-6-12-28(29)31/h1-21H,22H2,(H,38,39)/b36-21-. The van der Waals surface area contributed by atoms with Crippen molar-refractivity contribution in [3.63, 3.8) is 0 Å². The van der Waals surface area contributed by atoms with Crippen molar-refractivity contribution in [3.05, 3.63) is 142 Å². The molecule has 40 heavy (non-hydrogen) atoms. The van der Waals surface area contributed by atoms with Crippen LogP contribution in [0.2, 0.25) is 0 Å². The normalized spacial score (nSPS) is 11.2. The van der Waals surface area contributed by atoms with Crippen LogP contribution in [0.5, 0.6) is 5.75 Å². The summed E-state index contributed by atoms with van der Waals surface area (Å²) in [5.74, 6) is 0.366. The first-order chi connectivity index (χ1) is 19.7. The van der Waals surface area contributed by atoms with Gasteiger partial charge in [0.25, 0.3) is 5.91 Å². The third kappa shape index (κ3) is 5.48. The number of carbonyl (C=O) groups excluding carboxylic acids is 1. The summed E-state index contributed by atoms with van der Waals surface area (Å²) >= 11 is 3.47. The highest BCUT2D eigenvalue weighted by molar-refractivity contribution is 9.10. The number of ether oxygens (including phenoxy) is 1. The predicted octanol–water partition coefficient (Wildman–Crippen LogP) is 8.16. The summed E-state index contributed by atoms with van der Waals surface area (Å²) in [5, 5.41) is 7.17. The first kappa shape index (κ1) is 25.5. The summed E-state index contributed by atoms with van der Waals surface area (Å²) in [6, 6.07) is 39.3. The lowest BCUT2D eigenvalue weighted by molar-refractivity contribution is 0.0956. The van der Waals surface area contributed by atoms with Gasteiger partial charge in [0, 0.05) is 21.0 Å². The Morgan fingerprint density at radius 2 is 1.55 bits per heavy atom. The van der Waals surface area contributed by atoms with E-state index in [-0.39, 0.29) is 5.91 Å². The molecule has 0 fully saturated rings. The molecule has 0 saturated heterocycles. The number of pyridine rings is 1. The highest BCUT2D eigenvalue weighted by Gasteiger charge is 2.14. The second-order valence-electron chi connectivity index (χ2n) is 9.25. The van der Waals surface area contributed by atoms with Crippen molar-refractivity contribution >= 4 is 49.7 Å². The van der Waals surface area contributed by atoms with Gasteiger partial charge in [-0.15, -0.1) is 0 Å². The minimum absolute atomic E-state index is 0.315. The highest BCUT2D eigenvalue weighted by Crippen LogP contribution is 2.28. The molecule has 0 saturated carbocycles. The van der Waals surface area contributed by atoms with E-state index in [2.05, 4.69) is 26.5 Å². The smallest absolute Gasteiger partial charge is 0.272 e. The molecule has 0 atom stereocenters. The van der Waals surface area contributed by atoms with Crippen LogP contribution in [0.3, 0.4) is 0 Å². The first-order valence-corrected chi connectivity index (χ1v) is 13.6. The SMILES string of the molecule is O=C(N/N=C\c1c(OCc2ccc(Br)cc2)ccc2ccccc12)c1cc(-c2ccccc2)nc2ccccc12. The Kier molecular flexibility index (Phi) is 7.33. The summed E-state index contributed by atoms with van der Waals surface area (Å²) < 4.78 is 7.23. The van der Waals surface area contributed by atoms with Crippen LogP contribution in [-0.2, 0) is 6.61 Å². The number of nitrogens with one attached hydrogen (secondary N) is 1. The van der Waals surface area contributed by atoms with Crippen molar-refractivity contribution in [1.82, 2.24) is 10.4 Å². The number of nitrogens with zero attached hydrogens (tertiary/aromatic N) is 2. The maximum Gasteiger partial charge on any atom is 0.272 e. The third-order valence-corrected chi connectivity index (χ3v) is 7.16. The molecule has 5 aromatic carbocycles. The van der Waals surface area contributed by atoms with Crippen molar-refractivity contribution < 1.29 is 9.53 Å². The zero-order chi connectivity index (χ0) is 27.3. The number of amides is 1. The fourth-order valence-electron chi connectivity index (χ4n) is 4.61. The van der Waals surface area contributed by atoms with Crippen LogP contribution < -0.4 is 10.2 Å². The molecule has 6 aromatic rings. The number of aromatic nitrogens is 1. The van der Waals surface area contributed by atoms with Gasteiger partial charge in [0.2, 0.25) is 0 Å². The lowest BCUT2D eigenvalue weighted by atomic mass is 10.0. The molecule has 194 valence electrons. The fourth-order valence-corrected chi connectivity index (χ4v) is 4.88. The Labute approximate surface area is 240 Å². The van der Waals surface area contributed by atoms with Crippen LogP contribution in [0.4, 0.5) is 0 Å². The van der Waals surface area contributed by atoms with Gasteiger partial charge in [0.05, 0.1) is 23.0 Å². The monoisotopic (exact) mass is 585 g/mol. The maximum atomic E-state index is 13.4. The number of hydrogen-bond donors (Lipinski definition) is 1. The molecular weight excluding hydrogens is 562 g/mol. The van der Waals surface area contributed by atoms with Gasteiger partial charge in [-0.3, -0.25) is 4.79 Å². The number of carbonyl (C=O) groups is 1. The molecule has 0 unspecified atom stereocenters. The average molecular weight is 586 g/mol. The number of rotatable bonds is 7. The van der Waals surface area contributed by atoms with Crippen LogP contribution in [-0.4, -0.2) is 17.1 Å². The molecule has 0 bridgehead atoms. The lowest BCUT2D eigenvalue weighted by Gasteiger charge is -2.12. The van der Waals surface area contributed by atoms with E-state index in [1.807, 2.05) is 121 Å². The summed E-state index contributed by atoms with van der Waals surface area (Å²) in [7, 11) is 0. The lowest BCUT2D eigenvalue weighted by Crippen LogP contribution is -2.18. The molecule has 1 aromatic heterocycles. The Morgan fingerprint density at radius 3 is 2.38 bits per heavy atom. The van der Waals surface area contributed by atoms with Gasteiger partial charge in [0.15, 0.2) is 0 Å². The number of fused-ring (bicyclic) bond motifs is 2. The van der Waals surface area contributed by atoms with Gasteiger partial charge < -0.3 is 4.74 Å². The summed E-state index contributed by atoms with van der Waals surface area (Å²) in [5.41, 5.74) is 7.49. The van der Waals surface area contributed by atoms with Gasteiger partial charge >= 0.3 is 0 Å². The summed E-state index contributed by atoms with van der Waals surface area (Å²) in [6.45, 7) is 0.407. The van der Waals surface area contributed by atoms with E-state index in [0.717, 1.165) is 48.5 Å². The van der Waals surface area contributed by atoms with Crippen LogP contribution in [0, 0.1) is 0 Å². The Hall–Kier alpha value is -4.81. The van der Waals surface area contributed by atoms with Crippen LogP contribution in [0.1, 0.15) is 21.5 Å². The molecule has 0 aliphatic carbocycles. The second-order valence-corrected chi connectivity index (χ2v) is 10.2. The number of hydrogen-bond acceptors (Lipinski definition) is 4. The van der Waals surface area contributed by atoms with Gasteiger partial charge in [0.1, 0.15) is 12.4 Å². The van der Waals surface area contributed by atoms with E-state index in [1.54, 1.807) is 6.21 Å². The molecule has 0 radical (unpaired) electrons. The molecule has 0 spiro atoms. The summed E-state index contributed by atoms with van der Waals surface area (Å²) in [4.78, 5) is 18.2. The van der Waals surface area contributed by atoms with Crippen molar-refractivity contribution in [2.75, 3.05) is 0 Å². The van der Waals surface area contributed by atoms with E-state index < -0.39 is 0 Å². The second kappa shape index (κ2) is 11.5. The van der Waals surface area contributed by atoms with E-state index in [9.17, 15) is 4.79 Å². The van der Waals surface area contributed by atoms with E-state index >= 15 is 0 Å². The van der Waals surface area contributed by atoms with Crippen molar-refractivity contribution in [2.24, 2.45) is 5.10 Å². The minimum Gasteiger partial charge on any atom is -0.488 e. The Bertz CT molecular complexity index is 1850. The number of hydrazone groups is 1. The molecule has 0 aliphatic rings. The van der Waals surface area contributed by atoms with E-state index in [0.29, 0.717) is 17.9 Å². The molecule has 6 heteroatoms. The third-order valence-electron chi connectivity index (χ3n) is 6.63. The molecular formula is C34H24BrN3O2. The quantitative estimate of drug-likeness (QED) is 0.152. The molecule has 1 N–H and O–H groups in total.